The number of halogens is 1. The Morgan fingerprint density at radius 3 is 2.71 bits per heavy atom. The molecule has 88 valence electrons. The van der Waals surface area contributed by atoms with Crippen molar-refractivity contribution < 1.29 is 0 Å². The van der Waals surface area contributed by atoms with Gasteiger partial charge in [-0.25, -0.2) is 4.98 Å². The lowest BCUT2D eigenvalue weighted by atomic mass is 10.2. The zero-order valence-electron chi connectivity index (χ0n) is 9.31. The highest BCUT2D eigenvalue weighted by atomic mass is 35.5. The number of fused-ring (bicyclic) bond motifs is 1. The van der Waals surface area contributed by atoms with E-state index in [1.54, 1.807) is 6.20 Å². The number of rotatable bonds is 1. The van der Waals surface area contributed by atoms with Crippen LogP contribution in [0.15, 0.2) is 30.5 Å². The first-order chi connectivity index (χ1) is 8.24. The number of nitrogen functional groups attached to an aromatic ring is 1. The van der Waals surface area contributed by atoms with Crippen LogP contribution in [0.1, 0.15) is 5.82 Å². The lowest BCUT2D eigenvalue weighted by molar-refractivity contribution is 0.560. The van der Waals surface area contributed by atoms with Gasteiger partial charge in [-0.15, -0.1) is 0 Å². The summed E-state index contributed by atoms with van der Waals surface area (Å²) in [5.41, 5.74) is 7.64. The van der Waals surface area contributed by atoms with Crippen molar-refractivity contribution in [1.29, 1.82) is 0 Å². The molecule has 1 aliphatic heterocycles. The van der Waals surface area contributed by atoms with Crippen LogP contribution < -0.4 is 10.6 Å². The van der Waals surface area contributed by atoms with Gasteiger partial charge in [0.15, 0.2) is 0 Å². The number of nitrogens with two attached hydrogens (primary N) is 1. The fraction of sp³-hybridized carbons (Fsp3) is 0.250. The molecule has 1 aromatic heterocycles. The highest BCUT2D eigenvalue weighted by Crippen LogP contribution is 2.23. The maximum absolute atomic E-state index is 6.04. The summed E-state index contributed by atoms with van der Waals surface area (Å²) in [5.74, 6) is 1.01. The molecule has 0 radical (unpaired) electrons. The largest absolute Gasteiger partial charge is 0.399 e. The first-order valence-corrected chi connectivity index (χ1v) is 5.92. The van der Waals surface area contributed by atoms with E-state index in [4.69, 9.17) is 17.3 Å². The number of anilines is 2. The van der Waals surface area contributed by atoms with Crippen molar-refractivity contribution in [3.8, 4) is 0 Å². The fourth-order valence-corrected chi connectivity index (χ4v) is 2.36. The van der Waals surface area contributed by atoms with Crippen LogP contribution in [0, 0.1) is 0 Å². The zero-order valence-corrected chi connectivity index (χ0v) is 10.1. The molecule has 0 unspecified atom stereocenters. The Hall–Kier alpha value is -1.68. The van der Waals surface area contributed by atoms with Crippen molar-refractivity contribution in [3.63, 3.8) is 0 Å². The predicted octanol–water partition coefficient (Wildman–Crippen LogP) is 2.14. The molecule has 2 heterocycles. The van der Waals surface area contributed by atoms with Crippen LogP contribution in [0.5, 0.6) is 0 Å². The van der Waals surface area contributed by atoms with Crippen molar-refractivity contribution in [1.82, 2.24) is 9.55 Å². The van der Waals surface area contributed by atoms with Crippen molar-refractivity contribution in [3.05, 3.63) is 41.4 Å². The van der Waals surface area contributed by atoms with Gasteiger partial charge < -0.3 is 15.2 Å². The zero-order chi connectivity index (χ0) is 11.8. The van der Waals surface area contributed by atoms with Gasteiger partial charge in [-0.1, -0.05) is 11.6 Å². The van der Waals surface area contributed by atoms with Crippen molar-refractivity contribution >= 4 is 23.0 Å². The lowest BCUT2D eigenvalue weighted by Crippen LogP contribution is -2.33. The number of benzene rings is 1. The number of imidazole rings is 1. The summed E-state index contributed by atoms with van der Waals surface area (Å²) < 4.78 is 2.05. The Labute approximate surface area is 105 Å². The number of aromatic nitrogens is 2. The van der Waals surface area contributed by atoms with Gasteiger partial charge in [0.2, 0.25) is 0 Å². The molecule has 17 heavy (non-hydrogen) atoms. The highest BCUT2D eigenvalue weighted by Gasteiger charge is 2.19. The normalized spacial score (nSPS) is 14.8. The third-order valence-electron chi connectivity index (χ3n) is 3.07. The molecule has 0 fully saturated rings. The van der Waals surface area contributed by atoms with Crippen LogP contribution >= 0.6 is 11.6 Å². The molecule has 0 aliphatic carbocycles. The van der Waals surface area contributed by atoms with Crippen LogP contribution in [-0.2, 0) is 13.1 Å². The van der Waals surface area contributed by atoms with Crippen LogP contribution in [0.25, 0.3) is 0 Å². The first kappa shape index (κ1) is 10.5. The maximum atomic E-state index is 6.04. The van der Waals surface area contributed by atoms with E-state index in [2.05, 4.69) is 14.5 Å². The molecule has 0 saturated heterocycles. The average molecular weight is 249 g/mol. The van der Waals surface area contributed by atoms with Crippen molar-refractivity contribution in [2.24, 2.45) is 0 Å². The Morgan fingerprint density at radius 2 is 1.94 bits per heavy atom. The molecule has 5 heteroatoms. The van der Waals surface area contributed by atoms with Crippen molar-refractivity contribution in [2.75, 3.05) is 17.2 Å². The summed E-state index contributed by atoms with van der Waals surface area (Å²) in [7, 11) is 0. The van der Waals surface area contributed by atoms with Gasteiger partial charge >= 0.3 is 0 Å². The second kappa shape index (κ2) is 3.96. The molecule has 0 spiro atoms. The minimum absolute atomic E-state index is 0.719. The summed E-state index contributed by atoms with van der Waals surface area (Å²) in [6, 6.07) is 7.91. The average Bonchev–Trinajstić information content (AvgIpc) is 2.72. The summed E-state index contributed by atoms with van der Waals surface area (Å²) in [6.45, 7) is 2.60. The summed E-state index contributed by atoms with van der Waals surface area (Å²) in [6.07, 6.45) is 1.71. The van der Waals surface area contributed by atoms with Crippen molar-refractivity contribution in [2.45, 2.75) is 13.1 Å². The molecule has 1 aliphatic rings. The van der Waals surface area contributed by atoms with Gasteiger partial charge in [-0.3, -0.25) is 0 Å². The Bertz CT molecular complexity index is 532. The quantitative estimate of drug-likeness (QED) is 0.787. The second-order valence-electron chi connectivity index (χ2n) is 4.16. The standard InChI is InChI=1S/C12H13ClN4/c13-11-7-15-12-8-16(5-6-17(11)12)10-3-1-9(14)2-4-10/h1-4,7H,5-6,8,14H2. The molecule has 4 nitrogen and oxygen atoms in total. The number of hydrogen-bond acceptors (Lipinski definition) is 3. The first-order valence-electron chi connectivity index (χ1n) is 5.54. The Morgan fingerprint density at radius 1 is 1.18 bits per heavy atom. The van der Waals surface area contributed by atoms with Gasteiger partial charge in [0.05, 0.1) is 12.7 Å². The van der Waals surface area contributed by atoms with Crippen LogP contribution in [-0.4, -0.2) is 16.1 Å². The lowest BCUT2D eigenvalue weighted by Gasteiger charge is -2.29. The van der Waals surface area contributed by atoms with E-state index in [9.17, 15) is 0 Å². The Balaban J connectivity index is 1.86. The van der Waals surface area contributed by atoms with E-state index in [0.717, 1.165) is 36.3 Å². The van der Waals surface area contributed by atoms with E-state index in [1.807, 2.05) is 24.3 Å². The van der Waals surface area contributed by atoms with E-state index in [1.165, 1.54) is 5.69 Å². The summed E-state index contributed by atoms with van der Waals surface area (Å²) in [5, 5.41) is 0.719. The molecular weight excluding hydrogens is 236 g/mol. The van der Waals surface area contributed by atoms with Gasteiger partial charge in [0.25, 0.3) is 0 Å². The predicted molar refractivity (Wildman–Crippen MR) is 69.1 cm³/mol. The SMILES string of the molecule is Nc1ccc(N2CCn3c(Cl)cnc3C2)cc1. The molecule has 2 aromatic rings. The van der Waals surface area contributed by atoms with Crippen LogP contribution in [0.4, 0.5) is 11.4 Å². The molecule has 0 amide bonds. The molecular formula is C12H13ClN4. The molecule has 2 N–H and O–H groups in total. The molecule has 3 rings (SSSR count). The van der Waals surface area contributed by atoms with E-state index >= 15 is 0 Å². The number of hydrogen-bond donors (Lipinski definition) is 1. The number of nitrogens with zero attached hydrogens (tertiary/aromatic N) is 3. The van der Waals surface area contributed by atoms with Gasteiger partial charge in [-0.05, 0) is 24.3 Å². The summed E-state index contributed by atoms with van der Waals surface area (Å²) in [4.78, 5) is 6.59. The molecule has 0 saturated carbocycles. The van der Waals surface area contributed by atoms with Crippen LogP contribution in [0.2, 0.25) is 5.15 Å². The smallest absolute Gasteiger partial charge is 0.129 e. The van der Waals surface area contributed by atoms with E-state index in [0.29, 0.717) is 0 Å². The topological polar surface area (TPSA) is 47.1 Å². The van der Waals surface area contributed by atoms with Gasteiger partial charge in [0, 0.05) is 24.5 Å². The molecule has 0 bridgehead atoms. The second-order valence-corrected chi connectivity index (χ2v) is 4.55. The van der Waals surface area contributed by atoms with Crippen LogP contribution in [0.3, 0.4) is 0 Å². The van der Waals surface area contributed by atoms with Gasteiger partial charge in [-0.2, -0.15) is 0 Å². The maximum Gasteiger partial charge on any atom is 0.129 e. The minimum Gasteiger partial charge on any atom is -0.399 e. The Kier molecular flexibility index (Phi) is 2.44. The highest BCUT2D eigenvalue weighted by molar-refractivity contribution is 6.29. The molecule has 0 atom stereocenters. The van der Waals surface area contributed by atoms with E-state index < -0.39 is 0 Å². The summed E-state index contributed by atoms with van der Waals surface area (Å²) >= 11 is 6.04. The van der Waals surface area contributed by atoms with E-state index in [-0.39, 0.29) is 0 Å². The molecule has 1 aromatic carbocycles. The monoisotopic (exact) mass is 248 g/mol. The van der Waals surface area contributed by atoms with Gasteiger partial charge in [0.1, 0.15) is 11.0 Å². The third-order valence-corrected chi connectivity index (χ3v) is 3.38. The third kappa shape index (κ3) is 1.85. The minimum atomic E-state index is 0.719. The fourth-order valence-electron chi connectivity index (χ4n) is 2.13.